The van der Waals surface area contributed by atoms with Gasteiger partial charge in [0.2, 0.25) is 0 Å². The van der Waals surface area contributed by atoms with E-state index < -0.39 is 91.5 Å². The number of ether oxygens (including phenoxy) is 3. The quantitative estimate of drug-likeness (QED) is 0.0146. The maximum absolute atomic E-state index is 13.0. The molecule has 622 valence electrons. The van der Waals surface area contributed by atoms with Crippen LogP contribution in [0.1, 0.15) is 329 Å². The molecule has 0 amide bonds. The highest BCUT2D eigenvalue weighted by atomic mass is 31.2. The fourth-order valence-corrected chi connectivity index (χ4v) is 12.7. The molecule has 0 saturated heterocycles. The van der Waals surface area contributed by atoms with Gasteiger partial charge in [0.1, 0.15) is 25.4 Å². The van der Waals surface area contributed by atoms with Gasteiger partial charge in [0.05, 0.1) is 26.4 Å². The molecule has 0 spiro atoms. The number of rotatable bonds is 79. The summed E-state index contributed by atoms with van der Waals surface area (Å²) in [5.41, 5.74) is 0. The van der Waals surface area contributed by atoms with E-state index in [2.05, 4.69) is 191 Å². The number of unbranched alkanes of at least 4 members (excludes halogenated alkanes) is 28. The first-order valence-corrected chi connectivity index (χ1v) is 45.4. The Hall–Kier alpha value is -5.09. The second-order valence-corrected chi connectivity index (χ2v) is 30.7. The summed E-state index contributed by atoms with van der Waals surface area (Å²) in [4.78, 5) is 58.9. The molecular weight excluding hydrogens is 1410 g/mol. The normalized spacial score (nSPS) is 14.7. The maximum atomic E-state index is 13.0. The summed E-state index contributed by atoms with van der Waals surface area (Å²) < 4.78 is 61.3. The Labute approximate surface area is 662 Å². The van der Waals surface area contributed by atoms with Crippen LogP contribution in [0.3, 0.4) is 0 Å². The summed E-state index contributed by atoms with van der Waals surface area (Å²) in [6.45, 7) is 2.34. The van der Waals surface area contributed by atoms with E-state index in [1.165, 1.54) is 83.5 Å². The van der Waals surface area contributed by atoms with Gasteiger partial charge in [-0.2, -0.15) is 0 Å². The summed E-state index contributed by atoms with van der Waals surface area (Å²) >= 11 is 0. The molecule has 0 bridgehead atoms. The third kappa shape index (κ3) is 83.7. The summed E-state index contributed by atoms with van der Waals surface area (Å²) in [5.74, 6) is -1.60. The van der Waals surface area contributed by atoms with E-state index in [1.807, 2.05) is 0 Å². The average molecular weight is 1560 g/mol. The minimum Gasteiger partial charge on any atom is -0.463 e. The van der Waals surface area contributed by atoms with Gasteiger partial charge in [-0.05, 0) is 148 Å². The Morgan fingerprint density at radius 3 is 0.725 bits per heavy atom. The number of phosphoric acid groups is 2. The number of hydrogen-bond acceptors (Lipinski definition) is 14. The summed E-state index contributed by atoms with van der Waals surface area (Å²) in [5, 5.41) is 20.7. The summed E-state index contributed by atoms with van der Waals surface area (Å²) in [7, 11) is -9.81. The fraction of sp³-hybridized carbons (Fsp3) is 0.659. The van der Waals surface area contributed by atoms with Gasteiger partial charge < -0.3 is 34.2 Å². The van der Waals surface area contributed by atoms with Crippen molar-refractivity contribution in [1.29, 1.82) is 0 Å². The minimum atomic E-state index is -4.95. The van der Waals surface area contributed by atoms with Crippen molar-refractivity contribution in [3.8, 4) is 0 Å². The van der Waals surface area contributed by atoms with Crippen LogP contribution < -0.4 is 0 Å². The van der Waals surface area contributed by atoms with Gasteiger partial charge >= 0.3 is 33.6 Å². The molecule has 0 aromatic heterocycles. The van der Waals surface area contributed by atoms with E-state index in [1.54, 1.807) is 0 Å². The van der Waals surface area contributed by atoms with E-state index in [4.69, 9.17) is 32.3 Å². The molecule has 0 aromatic rings. The first-order valence-electron chi connectivity index (χ1n) is 42.4. The molecule has 0 aliphatic rings. The highest BCUT2D eigenvalue weighted by Gasteiger charge is 2.29. The average Bonchev–Trinajstić information content (AvgIpc) is 0.947. The molecule has 0 saturated carbocycles. The molecule has 0 aromatic carbocycles. The van der Waals surface area contributed by atoms with Gasteiger partial charge in [0.15, 0.2) is 6.10 Å². The van der Waals surface area contributed by atoms with Crippen LogP contribution in [0, 0.1) is 0 Å². The van der Waals surface area contributed by atoms with Crippen LogP contribution in [-0.4, -0.2) is 95.9 Å². The fourth-order valence-electron chi connectivity index (χ4n) is 11.1. The summed E-state index contributed by atoms with van der Waals surface area (Å²) in [6.07, 6.45) is 105. The zero-order chi connectivity index (χ0) is 79.4. The molecule has 0 aliphatic heterocycles. The minimum absolute atomic E-state index is 0.0829. The van der Waals surface area contributed by atoms with Gasteiger partial charge in [-0.3, -0.25) is 32.5 Å². The van der Waals surface area contributed by atoms with Gasteiger partial charge in [-0.25, -0.2) is 9.13 Å². The van der Waals surface area contributed by atoms with E-state index in [0.29, 0.717) is 19.3 Å². The number of carbonyl (C=O) groups is 3. The second kappa shape index (κ2) is 82.4. The van der Waals surface area contributed by atoms with Crippen LogP contribution in [0.25, 0.3) is 0 Å². The highest BCUT2D eigenvalue weighted by Crippen LogP contribution is 2.45. The van der Waals surface area contributed by atoms with Crippen molar-refractivity contribution in [3.63, 3.8) is 0 Å². The Morgan fingerprint density at radius 2 is 0.459 bits per heavy atom. The van der Waals surface area contributed by atoms with Gasteiger partial charge in [0.25, 0.3) is 0 Å². The molecule has 0 fully saturated rings. The Morgan fingerprint density at radius 1 is 0.257 bits per heavy atom. The van der Waals surface area contributed by atoms with Crippen molar-refractivity contribution in [2.24, 2.45) is 0 Å². The molecule has 0 rings (SSSR count). The van der Waals surface area contributed by atoms with Crippen LogP contribution in [0.5, 0.6) is 0 Å². The monoisotopic (exact) mass is 1560 g/mol. The lowest BCUT2D eigenvalue weighted by Gasteiger charge is -2.21. The molecule has 4 N–H and O–H groups in total. The number of aliphatic hydroxyl groups is 2. The first kappa shape index (κ1) is 104. The van der Waals surface area contributed by atoms with Crippen LogP contribution in [0.4, 0.5) is 0 Å². The molecule has 0 aliphatic carbocycles. The van der Waals surface area contributed by atoms with E-state index in [0.717, 1.165) is 186 Å². The van der Waals surface area contributed by atoms with Crippen LogP contribution in [0.15, 0.2) is 170 Å². The molecule has 5 atom stereocenters. The molecule has 5 unspecified atom stereocenters. The van der Waals surface area contributed by atoms with E-state index >= 15 is 0 Å². The van der Waals surface area contributed by atoms with E-state index in [-0.39, 0.29) is 19.3 Å². The maximum Gasteiger partial charge on any atom is 0.472 e. The molecule has 18 heteroatoms. The van der Waals surface area contributed by atoms with Crippen molar-refractivity contribution >= 4 is 33.6 Å². The largest absolute Gasteiger partial charge is 0.472 e. The number of hydrogen-bond donors (Lipinski definition) is 4. The Balaban J connectivity index is 4.64. The van der Waals surface area contributed by atoms with Crippen molar-refractivity contribution in [2.75, 3.05) is 39.6 Å². The lowest BCUT2D eigenvalue weighted by atomic mass is 10.0. The van der Waals surface area contributed by atoms with Crippen molar-refractivity contribution < 1.29 is 75.8 Å². The SMILES string of the molecule is CC/C=C\C/C=C\C/C=C\C/C=C\C/C=C\CCCCCCCCCCCCCC(=O)OCC(O)COP(=O)(O)OCC(O)COP(=O)(O)OCC(COC(=O)CCCCCCCCCCCCC/C=C\C/C=C\C/C=C\C/C=C\C/C=C\CC)OC(=O)CCCCCCCC/C=C\C/C=C\C/C=C\C/C=C\CC. The third-order valence-corrected chi connectivity index (χ3v) is 19.3. The lowest BCUT2D eigenvalue weighted by molar-refractivity contribution is -0.161. The number of allylic oxidation sites excluding steroid dienone is 28. The van der Waals surface area contributed by atoms with Gasteiger partial charge in [0, 0.05) is 19.3 Å². The first-order chi connectivity index (χ1) is 53.2. The van der Waals surface area contributed by atoms with Crippen molar-refractivity contribution in [1.82, 2.24) is 0 Å². The molecule has 0 radical (unpaired) electrons. The van der Waals surface area contributed by atoms with Gasteiger partial charge in [-0.1, -0.05) is 332 Å². The third-order valence-electron chi connectivity index (χ3n) is 17.4. The smallest absolute Gasteiger partial charge is 0.463 e. The lowest BCUT2D eigenvalue weighted by Crippen LogP contribution is -2.30. The zero-order valence-corrected chi connectivity index (χ0v) is 70.0. The Kier molecular flexibility index (Phi) is 78.5. The number of esters is 3. The van der Waals surface area contributed by atoms with Crippen LogP contribution >= 0.6 is 15.6 Å². The van der Waals surface area contributed by atoms with Crippen LogP contribution in [0.2, 0.25) is 0 Å². The molecule has 0 heterocycles. The second-order valence-electron chi connectivity index (χ2n) is 27.8. The molecule has 16 nitrogen and oxygen atoms in total. The van der Waals surface area contributed by atoms with Crippen molar-refractivity contribution in [3.05, 3.63) is 170 Å². The topological polar surface area (TPSA) is 231 Å². The standard InChI is InChI=1S/C91H152O16P2/c1-4-7-10-13-16-19-22-25-28-31-34-36-38-40-42-44-46-48-51-53-56-59-62-65-68-71-74-77-89(94)101-80-86(92)81-103-108(97,98)104-82-87(93)83-105-109(99,100)106-85-88(107-91(96)79-76-73-70-67-64-61-58-55-50-33-30-27-24-21-18-15-12-9-6-3)84-102-90(95)78-75-72-69-66-63-60-57-54-52-49-47-45-43-41-39-37-35-32-29-26-23-20-17-14-11-8-5-2/h7-12,16-21,25-30,34-37,40-43,50,55,86-88,92-93H,4-6,13-15,22-24,31-33,38-39,44-49,51-54,56-85H2,1-3H3,(H,97,98)(H,99,100)/b10-7-,11-8-,12-9-,19-16-,20-17-,21-18-,28-25-,29-26-,30-27-,36-34-,37-35-,42-40-,43-41-,55-50-. The summed E-state index contributed by atoms with van der Waals surface area (Å²) in [6, 6.07) is 0. The van der Waals surface area contributed by atoms with E-state index in [9.17, 15) is 43.5 Å². The number of carbonyl (C=O) groups excluding carboxylic acids is 3. The van der Waals surface area contributed by atoms with Crippen LogP contribution in [-0.2, 0) is 55.8 Å². The predicted molar refractivity (Wildman–Crippen MR) is 454 cm³/mol. The van der Waals surface area contributed by atoms with Crippen molar-refractivity contribution in [2.45, 2.75) is 347 Å². The predicted octanol–water partition coefficient (Wildman–Crippen LogP) is 25.5. The molecular formula is C91H152O16P2. The highest BCUT2D eigenvalue weighted by molar-refractivity contribution is 7.47. The number of phosphoric ester groups is 2. The molecule has 109 heavy (non-hydrogen) atoms. The zero-order valence-electron chi connectivity index (χ0n) is 68.2. The Bertz CT molecular complexity index is 2660. The van der Waals surface area contributed by atoms with Gasteiger partial charge in [-0.15, -0.1) is 0 Å². The number of aliphatic hydroxyl groups excluding tert-OH is 2.